The van der Waals surface area contributed by atoms with Gasteiger partial charge in [-0.15, -0.1) is 0 Å². The predicted octanol–water partition coefficient (Wildman–Crippen LogP) is 3.77. The molecule has 3 N–H and O–H groups in total. The summed E-state index contributed by atoms with van der Waals surface area (Å²) in [6.45, 7) is 13.0. The molecule has 2 aliphatic heterocycles. The highest BCUT2D eigenvalue weighted by Crippen LogP contribution is 2.67. The van der Waals surface area contributed by atoms with Crippen LogP contribution in [-0.2, 0) is 0 Å². The number of rotatable bonds is 7. The summed E-state index contributed by atoms with van der Waals surface area (Å²) in [4.78, 5) is 14.6. The Morgan fingerprint density at radius 2 is 1.71 bits per heavy atom. The molecule has 2 bridgehead atoms. The van der Waals surface area contributed by atoms with Gasteiger partial charge in [-0.2, -0.15) is 0 Å². The molecule has 1 saturated carbocycles. The van der Waals surface area contributed by atoms with Gasteiger partial charge in [-0.05, 0) is 66.5 Å². The van der Waals surface area contributed by atoms with Gasteiger partial charge in [-0.25, -0.2) is 0 Å². The van der Waals surface area contributed by atoms with E-state index in [1.807, 2.05) is 18.2 Å². The summed E-state index contributed by atoms with van der Waals surface area (Å²) >= 11 is 0. The van der Waals surface area contributed by atoms with Gasteiger partial charge < -0.3 is 11.1 Å². The van der Waals surface area contributed by atoms with Crippen LogP contribution < -0.4 is 11.1 Å². The largest absolute Gasteiger partial charge is 0.366 e. The molecule has 28 heavy (non-hydrogen) atoms. The van der Waals surface area contributed by atoms with E-state index in [9.17, 15) is 4.79 Å². The van der Waals surface area contributed by atoms with E-state index in [2.05, 4.69) is 44.0 Å². The van der Waals surface area contributed by atoms with Gasteiger partial charge in [-0.3, -0.25) is 9.69 Å². The van der Waals surface area contributed by atoms with E-state index in [1.165, 1.54) is 18.4 Å². The van der Waals surface area contributed by atoms with Crippen molar-refractivity contribution in [3.8, 4) is 0 Å². The Bertz CT molecular complexity index is 713. The molecular formula is C24H37N3O. The topological polar surface area (TPSA) is 58.4 Å². The summed E-state index contributed by atoms with van der Waals surface area (Å²) < 4.78 is 0. The lowest BCUT2D eigenvalue weighted by atomic mass is 9.82. The number of carbonyl (C=O) groups excluding carboxylic acids is 1. The predicted molar refractivity (Wildman–Crippen MR) is 114 cm³/mol. The third kappa shape index (κ3) is 3.29. The third-order valence-electron chi connectivity index (χ3n) is 8.77. The molecular weight excluding hydrogens is 346 g/mol. The zero-order valence-electron chi connectivity index (χ0n) is 18.0. The Morgan fingerprint density at radius 1 is 1.11 bits per heavy atom. The molecule has 2 heterocycles. The Balaban J connectivity index is 1.31. The van der Waals surface area contributed by atoms with Crippen LogP contribution in [0.4, 0.5) is 0 Å². The number of hydrogen-bond donors (Lipinski definition) is 2. The van der Waals surface area contributed by atoms with E-state index < -0.39 is 0 Å². The van der Waals surface area contributed by atoms with E-state index in [0.29, 0.717) is 28.8 Å². The molecule has 4 nitrogen and oxygen atoms in total. The molecule has 3 aliphatic rings. The van der Waals surface area contributed by atoms with Crippen molar-refractivity contribution in [1.82, 2.24) is 10.2 Å². The lowest BCUT2D eigenvalue weighted by Gasteiger charge is -2.39. The maximum Gasteiger partial charge on any atom is 0.248 e. The quantitative estimate of drug-likeness (QED) is 0.705. The van der Waals surface area contributed by atoms with Gasteiger partial charge in [0.25, 0.3) is 0 Å². The third-order valence-corrected chi connectivity index (χ3v) is 8.77. The summed E-state index contributed by atoms with van der Waals surface area (Å²) in [5.41, 5.74) is 8.44. The lowest BCUT2D eigenvalue weighted by Crippen LogP contribution is -2.45. The zero-order chi connectivity index (χ0) is 20.1. The number of fused-ring (bicyclic) bond motifs is 2. The molecule has 2 saturated heterocycles. The van der Waals surface area contributed by atoms with E-state index in [-0.39, 0.29) is 5.91 Å². The fraction of sp³-hybridized carbons (Fsp3) is 0.708. The minimum atomic E-state index is -0.291. The molecule has 2 atom stereocenters. The molecule has 1 aliphatic carbocycles. The van der Waals surface area contributed by atoms with Crippen LogP contribution in [0.25, 0.3) is 0 Å². The van der Waals surface area contributed by atoms with E-state index in [0.717, 1.165) is 44.0 Å². The standard InChI is InChI=1S/C24H37N3O/c1-23(2)21(24(23,3)4)15-26-11-12-27-17-9-10-18(27)14-16(13-17)19-7-5-6-8-20(19)22(25)28/h5-8,16-18,21,26H,9-15H2,1-4H3,(H2,25,28). The molecule has 154 valence electrons. The molecule has 0 radical (unpaired) electrons. The van der Waals surface area contributed by atoms with Crippen molar-refractivity contribution in [2.45, 2.75) is 71.4 Å². The van der Waals surface area contributed by atoms with Crippen molar-refractivity contribution < 1.29 is 4.79 Å². The minimum absolute atomic E-state index is 0.291. The Labute approximate surface area is 170 Å². The van der Waals surface area contributed by atoms with Crippen molar-refractivity contribution in [3.63, 3.8) is 0 Å². The number of amides is 1. The van der Waals surface area contributed by atoms with Crippen LogP contribution in [0.2, 0.25) is 0 Å². The normalized spacial score (nSPS) is 31.1. The van der Waals surface area contributed by atoms with E-state index in [4.69, 9.17) is 5.73 Å². The number of nitrogens with zero attached hydrogens (tertiary/aromatic N) is 1. The van der Waals surface area contributed by atoms with Crippen molar-refractivity contribution in [3.05, 3.63) is 35.4 Å². The summed E-state index contributed by atoms with van der Waals surface area (Å²) in [5.74, 6) is 0.965. The first-order valence-corrected chi connectivity index (χ1v) is 11.1. The zero-order valence-corrected chi connectivity index (χ0v) is 18.0. The first-order chi connectivity index (χ1) is 13.2. The van der Waals surface area contributed by atoms with Crippen LogP contribution in [0, 0.1) is 16.7 Å². The molecule has 1 aromatic rings. The fourth-order valence-electron chi connectivity index (χ4n) is 6.27. The van der Waals surface area contributed by atoms with Gasteiger partial charge in [0.05, 0.1) is 0 Å². The van der Waals surface area contributed by atoms with Gasteiger partial charge in [0.1, 0.15) is 0 Å². The van der Waals surface area contributed by atoms with Crippen molar-refractivity contribution in [1.29, 1.82) is 0 Å². The van der Waals surface area contributed by atoms with E-state index in [1.54, 1.807) is 0 Å². The monoisotopic (exact) mass is 383 g/mol. The molecule has 4 heteroatoms. The van der Waals surface area contributed by atoms with Crippen molar-refractivity contribution in [2.75, 3.05) is 19.6 Å². The maximum absolute atomic E-state index is 11.8. The number of primary amides is 1. The van der Waals surface area contributed by atoms with Crippen molar-refractivity contribution in [2.24, 2.45) is 22.5 Å². The Morgan fingerprint density at radius 3 is 2.29 bits per heavy atom. The average Bonchev–Trinajstić information content (AvgIpc) is 2.92. The van der Waals surface area contributed by atoms with Crippen LogP contribution >= 0.6 is 0 Å². The number of piperidine rings is 1. The lowest BCUT2D eigenvalue weighted by molar-refractivity contribution is 0.0994. The molecule has 3 fully saturated rings. The van der Waals surface area contributed by atoms with E-state index >= 15 is 0 Å². The highest BCUT2D eigenvalue weighted by Gasteiger charge is 2.63. The first kappa shape index (κ1) is 19.9. The second-order valence-electron chi connectivity index (χ2n) is 10.4. The SMILES string of the molecule is CC1(C)C(CNCCN2C3CCC2CC(c2ccccc2C(N)=O)C3)C1(C)C. The second-order valence-corrected chi connectivity index (χ2v) is 10.4. The number of carbonyl (C=O) groups is 1. The second kappa shape index (κ2) is 7.14. The number of nitrogens with two attached hydrogens (primary N) is 1. The van der Waals surface area contributed by atoms with Gasteiger partial charge in [0.2, 0.25) is 5.91 Å². The van der Waals surface area contributed by atoms with Crippen molar-refractivity contribution >= 4 is 5.91 Å². The highest BCUT2D eigenvalue weighted by atomic mass is 16.1. The maximum atomic E-state index is 11.8. The molecule has 1 aromatic carbocycles. The van der Waals surface area contributed by atoms with Crippen LogP contribution in [0.5, 0.6) is 0 Å². The summed E-state index contributed by atoms with van der Waals surface area (Å²) in [6.07, 6.45) is 4.90. The minimum Gasteiger partial charge on any atom is -0.366 e. The first-order valence-electron chi connectivity index (χ1n) is 11.1. The summed E-state index contributed by atoms with van der Waals surface area (Å²) in [5, 5.41) is 3.74. The molecule has 0 aromatic heterocycles. The van der Waals surface area contributed by atoms with Gasteiger partial charge in [-0.1, -0.05) is 45.9 Å². The molecule has 0 spiro atoms. The van der Waals surface area contributed by atoms with Crippen LogP contribution in [0.15, 0.2) is 24.3 Å². The fourth-order valence-corrected chi connectivity index (χ4v) is 6.27. The summed E-state index contributed by atoms with van der Waals surface area (Å²) in [6, 6.07) is 9.26. The van der Waals surface area contributed by atoms with Crippen LogP contribution in [0.3, 0.4) is 0 Å². The van der Waals surface area contributed by atoms with Gasteiger partial charge in [0, 0.05) is 30.7 Å². The smallest absolute Gasteiger partial charge is 0.248 e. The van der Waals surface area contributed by atoms with Gasteiger partial charge >= 0.3 is 0 Å². The Hall–Kier alpha value is -1.39. The van der Waals surface area contributed by atoms with Crippen LogP contribution in [-0.4, -0.2) is 42.5 Å². The van der Waals surface area contributed by atoms with Crippen LogP contribution in [0.1, 0.15) is 75.2 Å². The Kier molecular flexibility index (Phi) is 5.08. The average molecular weight is 384 g/mol. The number of nitrogens with one attached hydrogen (secondary N) is 1. The summed E-state index contributed by atoms with van der Waals surface area (Å²) in [7, 11) is 0. The molecule has 2 unspecified atom stereocenters. The number of benzene rings is 1. The molecule has 4 rings (SSSR count). The number of hydrogen-bond acceptors (Lipinski definition) is 3. The van der Waals surface area contributed by atoms with Gasteiger partial charge in [0.15, 0.2) is 0 Å². The highest BCUT2D eigenvalue weighted by molar-refractivity contribution is 5.94. The molecule has 1 amide bonds.